The Balaban J connectivity index is 1.92. The van der Waals surface area contributed by atoms with Crippen LogP contribution in [0.25, 0.3) is 0 Å². The lowest BCUT2D eigenvalue weighted by Crippen LogP contribution is -2.21. The summed E-state index contributed by atoms with van der Waals surface area (Å²) in [4.78, 5) is 23.4. The largest absolute Gasteiger partial charge is 0.466 e. The number of rotatable bonds is 3. The molecule has 2 rings (SSSR count). The van der Waals surface area contributed by atoms with Gasteiger partial charge in [-0.2, -0.15) is 0 Å². The fraction of sp³-hybridized carbons (Fsp3) is 0.857. The summed E-state index contributed by atoms with van der Waals surface area (Å²) >= 11 is 0. The third-order valence-corrected chi connectivity index (χ3v) is 4.32. The first-order valence-corrected chi connectivity index (χ1v) is 6.83. The third kappa shape index (κ3) is 2.88. The van der Waals surface area contributed by atoms with Crippen molar-refractivity contribution in [2.75, 3.05) is 6.61 Å². The average molecular weight is 238 g/mol. The van der Waals surface area contributed by atoms with Crippen molar-refractivity contribution in [1.29, 1.82) is 0 Å². The highest BCUT2D eigenvalue weighted by molar-refractivity contribution is 5.87. The van der Waals surface area contributed by atoms with Crippen molar-refractivity contribution < 1.29 is 14.3 Å². The minimum atomic E-state index is -0.210. The minimum absolute atomic E-state index is 0.0628. The molecule has 1 unspecified atom stereocenters. The average Bonchev–Trinajstić information content (AvgIpc) is 2.56. The van der Waals surface area contributed by atoms with Crippen molar-refractivity contribution in [3.05, 3.63) is 0 Å². The molecule has 0 N–H and O–H groups in total. The Bertz CT molecular complexity index is 303. The molecular formula is C14H22O3. The predicted molar refractivity (Wildman–Crippen MR) is 64.5 cm³/mol. The van der Waals surface area contributed by atoms with Gasteiger partial charge in [0, 0.05) is 12.3 Å². The van der Waals surface area contributed by atoms with E-state index in [9.17, 15) is 9.59 Å². The van der Waals surface area contributed by atoms with E-state index in [0.29, 0.717) is 25.2 Å². The zero-order valence-corrected chi connectivity index (χ0v) is 10.7. The standard InChI is InChI=1S/C14H22O3/c1-2-17-13(16)8-11-9-14(10-12(11)15)6-4-3-5-7-14/h11H,2-10H2,1H3. The van der Waals surface area contributed by atoms with Crippen LogP contribution in [0.3, 0.4) is 0 Å². The molecule has 0 heterocycles. The van der Waals surface area contributed by atoms with E-state index in [4.69, 9.17) is 4.74 Å². The molecule has 0 amide bonds. The molecule has 0 aromatic rings. The third-order valence-electron chi connectivity index (χ3n) is 4.32. The summed E-state index contributed by atoms with van der Waals surface area (Å²) in [5, 5.41) is 0. The van der Waals surface area contributed by atoms with Crippen LogP contribution in [0.1, 0.15) is 58.3 Å². The Kier molecular flexibility index (Phi) is 3.85. The van der Waals surface area contributed by atoms with Crippen LogP contribution in [-0.2, 0) is 14.3 Å². The van der Waals surface area contributed by atoms with E-state index in [1.54, 1.807) is 6.92 Å². The normalized spacial score (nSPS) is 27.4. The van der Waals surface area contributed by atoms with E-state index in [2.05, 4.69) is 0 Å². The highest BCUT2D eigenvalue weighted by atomic mass is 16.5. The number of ketones is 1. The van der Waals surface area contributed by atoms with Crippen molar-refractivity contribution in [3.63, 3.8) is 0 Å². The van der Waals surface area contributed by atoms with Crippen molar-refractivity contribution in [3.8, 4) is 0 Å². The molecule has 0 aliphatic heterocycles. The topological polar surface area (TPSA) is 43.4 Å². The second-order valence-electron chi connectivity index (χ2n) is 5.61. The summed E-state index contributed by atoms with van der Waals surface area (Å²) in [5.74, 6) is 0.0193. The molecule has 17 heavy (non-hydrogen) atoms. The first-order chi connectivity index (χ1) is 8.15. The molecule has 2 aliphatic carbocycles. The van der Waals surface area contributed by atoms with Gasteiger partial charge in [-0.3, -0.25) is 9.59 Å². The molecule has 0 aromatic heterocycles. The Morgan fingerprint density at radius 2 is 2.06 bits per heavy atom. The molecule has 3 heteroatoms. The van der Waals surface area contributed by atoms with Gasteiger partial charge < -0.3 is 4.74 Å². The van der Waals surface area contributed by atoms with E-state index < -0.39 is 0 Å². The van der Waals surface area contributed by atoms with Gasteiger partial charge in [0.05, 0.1) is 13.0 Å². The summed E-state index contributed by atoms with van der Waals surface area (Å²) in [6, 6.07) is 0. The Labute approximate surface area is 103 Å². The summed E-state index contributed by atoms with van der Waals surface area (Å²) in [7, 11) is 0. The van der Waals surface area contributed by atoms with E-state index in [1.165, 1.54) is 32.1 Å². The smallest absolute Gasteiger partial charge is 0.306 e. The number of ether oxygens (including phenoxy) is 1. The lowest BCUT2D eigenvalue weighted by Gasteiger charge is -2.32. The molecule has 0 aromatic carbocycles. The van der Waals surface area contributed by atoms with E-state index in [0.717, 1.165) is 6.42 Å². The quantitative estimate of drug-likeness (QED) is 0.710. The number of carbonyl (C=O) groups is 2. The van der Waals surface area contributed by atoms with Crippen molar-refractivity contribution in [1.82, 2.24) is 0 Å². The first-order valence-electron chi connectivity index (χ1n) is 6.83. The minimum Gasteiger partial charge on any atom is -0.466 e. The number of hydrogen-bond acceptors (Lipinski definition) is 3. The molecule has 1 atom stereocenters. The summed E-state index contributed by atoms with van der Waals surface area (Å²) in [6.07, 6.45) is 8.09. The second-order valence-corrected chi connectivity index (χ2v) is 5.61. The lowest BCUT2D eigenvalue weighted by atomic mass is 9.72. The van der Waals surface area contributed by atoms with Crippen LogP contribution in [0.2, 0.25) is 0 Å². The molecule has 2 saturated carbocycles. The highest BCUT2D eigenvalue weighted by Gasteiger charge is 2.45. The molecule has 0 radical (unpaired) electrons. The number of carbonyl (C=O) groups excluding carboxylic acids is 2. The van der Waals surface area contributed by atoms with Crippen molar-refractivity contribution in [2.45, 2.75) is 58.3 Å². The first kappa shape index (κ1) is 12.6. The summed E-state index contributed by atoms with van der Waals surface area (Å²) in [5.41, 5.74) is 0.243. The van der Waals surface area contributed by atoms with Crippen molar-refractivity contribution in [2.24, 2.45) is 11.3 Å². The number of Topliss-reactive ketones (excluding diaryl/α,β-unsaturated/α-hetero) is 1. The molecule has 3 nitrogen and oxygen atoms in total. The number of esters is 1. The summed E-state index contributed by atoms with van der Waals surface area (Å²) in [6.45, 7) is 2.21. The predicted octanol–water partition coefficient (Wildman–Crippen LogP) is 2.87. The van der Waals surface area contributed by atoms with Crippen molar-refractivity contribution >= 4 is 11.8 Å². The van der Waals surface area contributed by atoms with Crippen LogP contribution in [-0.4, -0.2) is 18.4 Å². The maximum Gasteiger partial charge on any atom is 0.306 e. The zero-order valence-electron chi connectivity index (χ0n) is 10.7. The van der Waals surface area contributed by atoms with Crippen LogP contribution < -0.4 is 0 Å². The number of hydrogen-bond donors (Lipinski definition) is 0. The Morgan fingerprint density at radius 3 is 2.71 bits per heavy atom. The molecule has 1 spiro atoms. The van der Waals surface area contributed by atoms with Gasteiger partial charge in [0.2, 0.25) is 0 Å². The lowest BCUT2D eigenvalue weighted by molar-refractivity contribution is -0.145. The molecule has 96 valence electrons. The highest BCUT2D eigenvalue weighted by Crippen LogP contribution is 2.50. The summed E-state index contributed by atoms with van der Waals surface area (Å²) < 4.78 is 4.94. The Morgan fingerprint density at radius 1 is 1.35 bits per heavy atom. The monoisotopic (exact) mass is 238 g/mol. The maximum absolute atomic E-state index is 12.0. The van der Waals surface area contributed by atoms with Crippen LogP contribution in [0.4, 0.5) is 0 Å². The maximum atomic E-state index is 12.0. The second kappa shape index (κ2) is 5.19. The molecular weight excluding hydrogens is 216 g/mol. The van der Waals surface area contributed by atoms with E-state index in [1.807, 2.05) is 0 Å². The van der Waals surface area contributed by atoms with Crippen LogP contribution in [0.5, 0.6) is 0 Å². The fourth-order valence-electron chi connectivity index (χ4n) is 3.51. The van der Waals surface area contributed by atoms with Gasteiger partial charge in [0.1, 0.15) is 5.78 Å². The zero-order chi connectivity index (χ0) is 12.3. The van der Waals surface area contributed by atoms with Gasteiger partial charge in [-0.25, -0.2) is 0 Å². The van der Waals surface area contributed by atoms with Gasteiger partial charge >= 0.3 is 5.97 Å². The van der Waals surface area contributed by atoms with Gasteiger partial charge in [0.15, 0.2) is 0 Å². The molecule has 0 bridgehead atoms. The SMILES string of the molecule is CCOC(=O)CC1CC2(CCCCC2)CC1=O. The van der Waals surface area contributed by atoms with Gasteiger partial charge in [0.25, 0.3) is 0 Å². The van der Waals surface area contributed by atoms with Gasteiger partial charge in [-0.05, 0) is 31.6 Å². The fourth-order valence-corrected chi connectivity index (χ4v) is 3.51. The van der Waals surface area contributed by atoms with E-state index >= 15 is 0 Å². The van der Waals surface area contributed by atoms with Crippen LogP contribution in [0.15, 0.2) is 0 Å². The van der Waals surface area contributed by atoms with Crippen LogP contribution >= 0.6 is 0 Å². The molecule has 2 fully saturated rings. The Hall–Kier alpha value is -0.860. The van der Waals surface area contributed by atoms with Gasteiger partial charge in [-0.1, -0.05) is 19.3 Å². The van der Waals surface area contributed by atoms with Gasteiger partial charge in [-0.15, -0.1) is 0 Å². The molecule has 0 saturated heterocycles. The van der Waals surface area contributed by atoms with Crippen LogP contribution in [0, 0.1) is 11.3 Å². The van der Waals surface area contributed by atoms with E-state index in [-0.39, 0.29) is 17.3 Å². The molecule has 2 aliphatic rings.